The number of aliphatic imine (C=N–C) groups is 1. The van der Waals surface area contributed by atoms with Crippen molar-refractivity contribution in [2.45, 2.75) is 67.2 Å². The summed E-state index contributed by atoms with van der Waals surface area (Å²) < 4.78 is 0. The lowest BCUT2D eigenvalue weighted by Gasteiger charge is -2.21. The number of rotatable bonds is 9. The predicted molar refractivity (Wildman–Crippen MR) is 84.4 cm³/mol. The minimum absolute atomic E-state index is 0.588. The molecule has 2 atom stereocenters. The zero-order valence-electron chi connectivity index (χ0n) is 13.4. The van der Waals surface area contributed by atoms with Crippen LogP contribution in [0.3, 0.4) is 0 Å². The summed E-state index contributed by atoms with van der Waals surface area (Å²) in [6, 6.07) is 0. The van der Waals surface area contributed by atoms with Crippen LogP contribution in [0.5, 0.6) is 0 Å². The van der Waals surface area contributed by atoms with Crippen LogP contribution in [0.25, 0.3) is 0 Å². The maximum atomic E-state index is 4.72. The lowest BCUT2D eigenvalue weighted by molar-refractivity contribution is 0.467. The van der Waals surface area contributed by atoms with E-state index in [2.05, 4.69) is 48.1 Å². The van der Waals surface area contributed by atoms with E-state index in [1.54, 1.807) is 0 Å². The Morgan fingerprint density at radius 3 is 2.17 bits per heavy atom. The lowest BCUT2D eigenvalue weighted by Crippen LogP contribution is -2.14. The van der Waals surface area contributed by atoms with E-state index in [-0.39, 0.29) is 0 Å². The van der Waals surface area contributed by atoms with E-state index in [4.69, 9.17) is 4.99 Å². The van der Waals surface area contributed by atoms with Crippen LogP contribution >= 0.6 is 0 Å². The molecule has 0 radical (unpaired) electrons. The van der Waals surface area contributed by atoms with Crippen molar-refractivity contribution in [1.82, 2.24) is 0 Å². The Morgan fingerprint density at radius 2 is 1.72 bits per heavy atom. The molecule has 0 aromatic rings. The third-order valence-electron chi connectivity index (χ3n) is 3.75. The second-order valence-corrected chi connectivity index (χ2v) is 6.17. The Morgan fingerprint density at radius 1 is 1.11 bits per heavy atom. The third-order valence-corrected chi connectivity index (χ3v) is 3.75. The van der Waals surface area contributed by atoms with Gasteiger partial charge in [-0.2, -0.15) is 0 Å². The van der Waals surface area contributed by atoms with Crippen LogP contribution in [-0.4, -0.2) is 12.3 Å². The lowest BCUT2D eigenvalue weighted by atomic mass is 9.86. The fourth-order valence-electron chi connectivity index (χ4n) is 2.17. The summed E-state index contributed by atoms with van der Waals surface area (Å²) in [6.07, 6.45) is 4.91. The van der Waals surface area contributed by atoms with E-state index < -0.39 is 0 Å². The molecule has 0 spiro atoms. The summed E-state index contributed by atoms with van der Waals surface area (Å²) >= 11 is 0. The number of hydrogen-bond donors (Lipinski definition) is 0. The van der Waals surface area contributed by atoms with Gasteiger partial charge in [0.05, 0.1) is 0 Å². The van der Waals surface area contributed by atoms with Gasteiger partial charge in [0.2, 0.25) is 0 Å². The van der Waals surface area contributed by atoms with Gasteiger partial charge in [-0.15, -0.1) is 0 Å². The minimum atomic E-state index is 0.588. The maximum absolute atomic E-state index is 4.72. The van der Waals surface area contributed by atoms with Crippen molar-refractivity contribution in [3.05, 3.63) is 12.2 Å². The van der Waals surface area contributed by atoms with Gasteiger partial charge in [0, 0.05) is 12.3 Å². The Labute approximate surface area is 115 Å². The van der Waals surface area contributed by atoms with E-state index in [1.807, 2.05) is 0 Å². The van der Waals surface area contributed by atoms with Crippen LogP contribution in [0.2, 0.25) is 0 Å². The molecule has 0 rings (SSSR count). The first-order valence-electron chi connectivity index (χ1n) is 7.54. The Hall–Kier alpha value is -0.590. The smallest absolute Gasteiger partial charge is 0.0391 e. The molecule has 0 aliphatic carbocycles. The highest BCUT2D eigenvalue weighted by Crippen LogP contribution is 2.24. The Kier molecular flexibility index (Phi) is 9.05. The van der Waals surface area contributed by atoms with Crippen molar-refractivity contribution in [3.63, 3.8) is 0 Å². The molecular formula is C17H33N. The standard InChI is InChI=1S/C17H33N/c1-8-9-17(14(4)5)12-15(6)16(7)18-11-10-13(2)3/h13,15,17H,4,8-12H2,1-3,5-7H3. The Bertz CT molecular complexity index is 263. The van der Waals surface area contributed by atoms with Crippen LogP contribution in [-0.2, 0) is 0 Å². The molecule has 0 amide bonds. The van der Waals surface area contributed by atoms with Crippen LogP contribution in [0.4, 0.5) is 0 Å². The van der Waals surface area contributed by atoms with Crippen molar-refractivity contribution < 1.29 is 0 Å². The first-order chi connectivity index (χ1) is 8.38. The fraction of sp³-hybridized carbons (Fsp3) is 0.824. The summed E-state index contributed by atoms with van der Waals surface area (Å²) in [5.74, 6) is 2.01. The zero-order valence-corrected chi connectivity index (χ0v) is 13.4. The SMILES string of the molecule is C=C(C)C(CCC)CC(C)C(C)=NCCC(C)C. The molecule has 0 aromatic heterocycles. The summed E-state index contributed by atoms with van der Waals surface area (Å²) in [7, 11) is 0. The molecule has 0 bridgehead atoms. The van der Waals surface area contributed by atoms with Gasteiger partial charge in [0.15, 0.2) is 0 Å². The summed E-state index contributed by atoms with van der Waals surface area (Å²) in [5, 5.41) is 0. The molecule has 0 aliphatic heterocycles. The highest BCUT2D eigenvalue weighted by Gasteiger charge is 2.15. The van der Waals surface area contributed by atoms with Crippen LogP contribution in [0.1, 0.15) is 67.2 Å². The number of allylic oxidation sites excluding steroid dienone is 1. The molecule has 0 aliphatic rings. The van der Waals surface area contributed by atoms with Gasteiger partial charge in [-0.3, -0.25) is 4.99 Å². The molecule has 0 aromatic carbocycles. The van der Waals surface area contributed by atoms with Gasteiger partial charge in [-0.1, -0.05) is 46.3 Å². The molecule has 1 heteroatoms. The molecule has 0 N–H and O–H groups in total. The van der Waals surface area contributed by atoms with Gasteiger partial charge < -0.3 is 0 Å². The van der Waals surface area contributed by atoms with Crippen molar-refractivity contribution in [2.24, 2.45) is 22.7 Å². The molecule has 0 fully saturated rings. The van der Waals surface area contributed by atoms with E-state index in [1.165, 1.54) is 37.0 Å². The molecule has 18 heavy (non-hydrogen) atoms. The Balaban J connectivity index is 4.26. The van der Waals surface area contributed by atoms with E-state index in [0.29, 0.717) is 11.8 Å². The van der Waals surface area contributed by atoms with E-state index >= 15 is 0 Å². The second kappa shape index (κ2) is 9.35. The largest absolute Gasteiger partial charge is 0.294 e. The average Bonchev–Trinajstić information content (AvgIpc) is 2.27. The fourth-order valence-corrected chi connectivity index (χ4v) is 2.17. The van der Waals surface area contributed by atoms with Crippen molar-refractivity contribution >= 4 is 5.71 Å². The molecule has 1 nitrogen and oxygen atoms in total. The highest BCUT2D eigenvalue weighted by molar-refractivity contribution is 5.84. The van der Waals surface area contributed by atoms with Crippen LogP contribution < -0.4 is 0 Å². The number of hydrogen-bond acceptors (Lipinski definition) is 1. The zero-order chi connectivity index (χ0) is 14.1. The van der Waals surface area contributed by atoms with Gasteiger partial charge in [0.1, 0.15) is 0 Å². The first kappa shape index (κ1) is 17.4. The minimum Gasteiger partial charge on any atom is -0.294 e. The van der Waals surface area contributed by atoms with Gasteiger partial charge in [-0.05, 0) is 50.9 Å². The average molecular weight is 251 g/mol. The normalized spacial score (nSPS) is 15.8. The predicted octanol–water partition coefficient (Wildman–Crippen LogP) is 5.51. The topological polar surface area (TPSA) is 12.4 Å². The van der Waals surface area contributed by atoms with Crippen LogP contribution in [0.15, 0.2) is 17.1 Å². The van der Waals surface area contributed by atoms with Crippen molar-refractivity contribution in [1.29, 1.82) is 0 Å². The first-order valence-corrected chi connectivity index (χ1v) is 7.54. The summed E-state index contributed by atoms with van der Waals surface area (Å²) in [6.45, 7) is 18.5. The third kappa shape index (κ3) is 7.68. The molecular weight excluding hydrogens is 218 g/mol. The molecule has 0 heterocycles. The second-order valence-electron chi connectivity index (χ2n) is 6.17. The summed E-state index contributed by atoms with van der Waals surface area (Å²) in [4.78, 5) is 4.72. The highest BCUT2D eigenvalue weighted by atomic mass is 14.7. The van der Waals surface area contributed by atoms with Gasteiger partial charge >= 0.3 is 0 Å². The maximum Gasteiger partial charge on any atom is 0.0391 e. The monoisotopic (exact) mass is 251 g/mol. The molecule has 0 saturated carbocycles. The number of nitrogens with zero attached hydrogens (tertiary/aromatic N) is 1. The van der Waals surface area contributed by atoms with Crippen LogP contribution in [0, 0.1) is 17.8 Å². The van der Waals surface area contributed by atoms with Crippen molar-refractivity contribution in [3.8, 4) is 0 Å². The van der Waals surface area contributed by atoms with Crippen molar-refractivity contribution in [2.75, 3.05) is 6.54 Å². The molecule has 0 saturated heterocycles. The quantitative estimate of drug-likeness (QED) is 0.378. The molecule has 106 valence electrons. The summed E-state index contributed by atoms with van der Waals surface area (Å²) in [5.41, 5.74) is 2.65. The molecule has 2 unspecified atom stereocenters. The van der Waals surface area contributed by atoms with E-state index in [0.717, 1.165) is 12.5 Å². The van der Waals surface area contributed by atoms with Gasteiger partial charge in [0.25, 0.3) is 0 Å². The van der Waals surface area contributed by atoms with Gasteiger partial charge in [-0.25, -0.2) is 0 Å². The van der Waals surface area contributed by atoms with E-state index in [9.17, 15) is 0 Å².